The molecule has 2 aliphatic heterocycles. The van der Waals surface area contributed by atoms with Crippen LogP contribution in [-0.4, -0.2) is 60.1 Å². The quantitative estimate of drug-likeness (QED) is 0.271. The van der Waals surface area contributed by atoms with Gasteiger partial charge in [0.15, 0.2) is 5.78 Å². The molecule has 0 amide bonds. The van der Waals surface area contributed by atoms with E-state index in [0.29, 0.717) is 42.7 Å². The van der Waals surface area contributed by atoms with Crippen LogP contribution < -0.4 is 26.0 Å². The highest BCUT2D eigenvalue weighted by atomic mass is 19.4. The van der Waals surface area contributed by atoms with E-state index in [2.05, 4.69) is 20.6 Å². The molecule has 2 aromatic heterocycles. The van der Waals surface area contributed by atoms with Crippen LogP contribution in [0.5, 0.6) is 0 Å². The smallest absolute Gasteiger partial charge is 0.371 e. The lowest BCUT2D eigenvalue weighted by Gasteiger charge is -2.34. The second-order valence-corrected chi connectivity index (χ2v) is 11.6. The fourth-order valence-corrected chi connectivity index (χ4v) is 6.50. The molecule has 2 N–H and O–H groups in total. The second-order valence-electron chi connectivity index (χ2n) is 11.6. The predicted molar refractivity (Wildman–Crippen MR) is 170 cm³/mol. The highest BCUT2D eigenvalue weighted by Crippen LogP contribution is 2.39. The maximum absolute atomic E-state index is 14.2. The first-order chi connectivity index (χ1) is 21.6. The van der Waals surface area contributed by atoms with Crippen molar-refractivity contribution >= 4 is 39.8 Å². The summed E-state index contributed by atoms with van der Waals surface area (Å²) in [5, 5.41) is 6.65. The van der Waals surface area contributed by atoms with E-state index in [9.17, 15) is 22.8 Å². The second kappa shape index (κ2) is 12.2. The summed E-state index contributed by atoms with van der Waals surface area (Å²) in [7, 11) is 1.88. The van der Waals surface area contributed by atoms with Crippen LogP contribution in [0.1, 0.15) is 60.1 Å². The summed E-state index contributed by atoms with van der Waals surface area (Å²) in [6.07, 6.45) is -1.54. The van der Waals surface area contributed by atoms with Gasteiger partial charge in [-0.2, -0.15) is 18.2 Å². The molecule has 9 nitrogen and oxygen atoms in total. The molecular weight excluding hydrogens is 583 g/mol. The minimum absolute atomic E-state index is 0.0194. The van der Waals surface area contributed by atoms with Crippen LogP contribution >= 0.6 is 0 Å². The number of nitrogens with one attached hydrogen (secondary N) is 2. The predicted octanol–water partition coefficient (Wildman–Crippen LogP) is 5.74. The number of ketones is 1. The van der Waals surface area contributed by atoms with Gasteiger partial charge in [0.2, 0.25) is 5.95 Å². The van der Waals surface area contributed by atoms with Crippen molar-refractivity contribution < 1.29 is 18.0 Å². The molecule has 4 aromatic rings. The van der Waals surface area contributed by atoms with E-state index in [0.717, 1.165) is 24.6 Å². The summed E-state index contributed by atoms with van der Waals surface area (Å²) in [5.74, 6) is -0.198. The Hall–Kier alpha value is -4.45. The van der Waals surface area contributed by atoms with Gasteiger partial charge >= 0.3 is 6.18 Å². The third kappa shape index (κ3) is 5.74. The van der Waals surface area contributed by atoms with E-state index in [4.69, 9.17) is 0 Å². The molecule has 1 fully saturated rings. The molecule has 4 heterocycles. The summed E-state index contributed by atoms with van der Waals surface area (Å²) in [6, 6.07) is 12.3. The van der Waals surface area contributed by atoms with Gasteiger partial charge < -0.3 is 20.4 Å². The third-order valence-corrected chi connectivity index (χ3v) is 8.88. The molecule has 1 saturated heterocycles. The Morgan fingerprint density at radius 1 is 1.02 bits per heavy atom. The number of carbonyl (C=O) groups excluding carboxylic acids is 1. The molecule has 0 spiro atoms. The number of aromatic nitrogens is 3. The van der Waals surface area contributed by atoms with Crippen LogP contribution in [-0.2, 0) is 6.18 Å². The summed E-state index contributed by atoms with van der Waals surface area (Å²) in [5.41, 5.74) is 1.36. The molecule has 2 aromatic carbocycles. The van der Waals surface area contributed by atoms with Crippen molar-refractivity contribution in [3.63, 3.8) is 0 Å². The van der Waals surface area contributed by atoms with Gasteiger partial charge in [0.1, 0.15) is 11.7 Å². The van der Waals surface area contributed by atoms with E-state index < -0.39 is 17.8 Å². The van der Waals surface area contributed by atoms with E-state index in [-0.39, 0.29) is 46.8 Å². The average molecular weight is 620 g/mol. The van der Waals surface area contributed by atoms with Crippen molar-refractivity contribution in [2.75, 3.05) is 54.9 Å². The standard InChI is InChI=1S/C33H36F3N7O2/c1-4-20(5-2)24-16-21-18-38-32(39-22-10-11-27(25(17-22)33(34,35)36)42-14-12-37-13-15-42)40-30(21)43(31(24)45)28-19-41(3)26-9-7-6-8-23(26)29(28)44/h6-11,16-18,20,28,37H,4-5,12-15,19H2,1-3H3,(H,38,39,40). The molecule has 12 heteroatoms. The third-order valence-electron chi connectivity index (χ3n) is 8.88. The van der Waals surface area contributed by atoms with Crippen molar-refractivity contribution in [1.82, 2.24) is 19.9 Å². The van der Waals surface area contributed by atoms with E-state index in [1.54, 1.807) is 35.4 Å². The van der Waals surface area contributed by atoms with Crippen LogP contribution in [0.15, 0.2) is 59.5 Å². The Kier molecular flexibility index (Phi) is 8.25. The zero-order valence-corrected chi connectivity index (χ0v) is 25.5. The number of carbonyl (C=O) groups is 1. The monoisotopic (exact) mass is 619 g/mol. The number of likely N-dealkylation sites (N-methyl/N-ethyl adjacent to an activating group) is 1. The molecule has 0 bridgehead atoms. The van der Waals surface area contributed by atoms with Crippen LogP contribution in [0.25, 0.3) is 11.0 Å². The number of para-hydroxylation sites is 1. The summed E-state index contributed by atoms with van der Waals surface area (Å²) >= 11 is 0. The molecule has 1 unspecified atom stereocenters. The topological polar surface area (TPSA) is 95.4 Å². The summed E-state index contributed by atoms with van der Waals surface area (Å²) < 4.78 is 44.0. The van der Waals surface area contributed by atoms with Gasteiger partial charge in [0.05, 0.1) is 5.56 Å². The highest BCUT2D eigenvalue weighted by molar-refractivity contribution is 6.06. The fourth-order valence-electron chi connectivity index (χ4n) is 6.50. The number of halogens is 3. The SMILES string of the molecule is CCC(CC)c1cc2cnc(Nc3ccc(N4CCNCC4)c(C(F)(F)F)c3)nc2n(C2CN(C)c3ccccc3C2=O)c1=O. The van der Waals surface area contributed by atoms with Crippen molar-refractivity contribution in [2.45, 2.75) is 44.8 Å². The number of hydrogen-bond donors (Lipinski definition) is 2. The molecule has 236 valence electrons. The largest absolute Gasteiger partial charge is 0.418 e. The number of fused-ring (bicyclic) bond motifs is 2. The Morgan fingerprint density at radius 3 is 2.47 bits per heavy atom. The first kappa shape index (κ1) is 30.6. The van der Waals surface area contributed by atoms with Gasteiger partial charge in [-0.15, -0.1) is 0 Å². The van der Waals surface area contributed by atoms with Gasteiger partial charge in [-0.3, -0.25) is 14.2 Å². The number of alkyl halides is 3. The lowest BCUT2D eigenvalue weighted by molar-refractivity contribution is -0.137. The minimum atomic E-state index is -4.57. The molecule has 0 radical (unpaired) electrons. The first-order valence-corrected chi connectivity index (χ1v) is 15.3. The zero-order valence-electron chi connectivity index (χ0n) is 25.5. The Labute approximate surface area is 259 Å². The number of nitrogens with zero attached hydrogens (tertiary/aromatic N) is 5. The van der Waals surface area contributed by atoms with Crippen molar-refractivity contribution in [3.05, 3.63) is 81.8 Å². The van der Waals surface area contributed by atoms with Gasteiger partial charge in [-0.25, -0.2) is 4.98 Å². The molecular formula is C33H36F3N7O2. The van der Waals surface area contributed by atoms with Crippen LogP contribution in [0.3, 0.4) is 0 Å². The number of benzene rings is 2. The van der Waals surface area contributed by atoms with Crippen molar-refractivity contribution in [1.29, 1.82) is 0 Å². The molecule has 0 saturated carbocycles. The van der Waals surface area contributed by atoms with Gasteiger partial charge in [0, 0.05) is 79.5 Å². The van der Waals surface area contributed by atoms with Crippen molar-refractivity contribution in [3.8, 4) is 0 Å². The Morgan fingerprint density at radius 2 is 1.76 bits per heavy atom. The molecule has 2 aliphatic rings. The number of rotatable bonds is 7. The van der Waals surface area contributed by atoms with E-state index in [1.807, 2.05) is 37.9 Å². The van der Waals surface area contributed by atoms with Gasteiger partial charge in [-0.05, 0) is 55.2 Å². The molecule has 1 atom stereocenters. The lowest BCUT2D eigenvalue weighted by Crippen LogP contribution is -2.44. The normalized spacial score (nSPS) is 17.2. The van der Waals surface area contributed by atoms with Crippen LogP contribution in [0, 0.1) is 0 Å². The average Bonchev–Trinajstić information content (AvgIpc) is 3.04. The fraction of sp³-hybridized carbons (Fsp3) is 0.394. The lowest BCUT2D eigenvalue weighted by atomic mass is 9.93. The number of pyridine rings is 1. The van der Waals surface area contributed by atoms with E-state index in [1.165, 1.54) is 10.6 Å². The maximum Gasteiger partial charge on any atom is 0.418 e. The van der Waals surface area contributed by atoms with Crippen molar-refractivity contribution in [2.24, 2.45) is 0 Å². The van der Waals surface area contributed by atoms with Crippen LogP contribution in [0.2, 0.25) is 0 Å². The highest BCUT2D eigenvalue weighted by Gasteiger charge is 2.36. The number of piperazine rings is 1. The van der Waals surface area contributed by atoms with Crippen LogP contribution in [0.4, 0.5) is 36.2 Å². The Balaban J connectivity index is 1.45. The first-order valence-electron chi connectivity index (χ1n) is 15.3. The van der Waals surface area contributed by atoms with Gasteiger partial charge in [0.25, 0.3) is 5.56 Å². The number of anilines is 4. The molecule has 45 heavy (non-hydrogen) atoms. The van der Waals surface area contributed by atoms with E-state index >= 15 is 0 Å². The number of hydrogen-bond acceptors (Lipinski definition) is 8. The Bertz CT molecular complexity index is 1800. The number of Topliss-reactive ketones (excluding diaryl/α,β-unsaturated/α-hetero) is 1. The molecule has 6 rings (SSSR count). The maximum atomic E-state index is 14.2. The van der Waals surface area contributed by atoms with Gasteiger partial charge in [-0.1, -0.05) is 26.0 Å². The summed E-state index contributed by atoms with van der Waals surface area (Å²) in [4.78, 5) is 40.8. The minimum Gasteiger partial charge on any atom is -0.371 e. The molecule has 0 aliphatic carbocycles. The zero-order chi connectivity index (χ0) is 31.9. The summed E-state index contributed by atoms with van der Waals surface area (Å²) in [6.45, 7) is 6.45.